The Kier molecular flexibility index (Phi) is 4.98. The first-order chi connectivity index (χ1) is 7.50. The maximum absolute atomic E-state index is 12.1. The van der Waals surface area contributed by atoms with Crippen molar-refractivity contribution in [2.75, 3.05) is 0 Å². The molecule has 1 rings (SSSR count). The van der Waals surface area contributed by atoms with Crippen LogP contribution in [0.5, 0.6) is 0 Å². The highest BCUT2D eigenvalue weighted by atomic mass is 16.1. The fraction of sp³-hybridized carbons (Fsp3) is 0.667. The summed E-state index contributed by atoms with van der Waals surface area (Å²) in [6.45, 7) is 10.5. The van der Waals surface area contributed by atoms with E-state index in [1.807, 2.05) is 0 Å². The Morgan fingerprint density at radius 2 is 2.06 bits per heavy atom. The van der Waals surface area contributed by atoms with Crippen molar-refractivity contribution in [2.45, 2.75) is 52.9 Å². The van der Waals surface area contributed by atoms with Crippen LogP contribution in [0.25, 0.3) is 0 Å². The Hall–Kier alpha value is -0.850. The minimum Gasteiger partial charge on any atom is -0.299 e. The first kappa shape index (κ1) is 13.2. The average molecular weight is 220 g/mol. The summed E-state index contributed by atoms with van der Waals surface area (Å²) >= 11 is 0. The monoisotopic (exact) mass is 220 g/mol. The minimum atomic E-state index is 0.221. The van der Waals surface area contributed by atoms with E-state index in [0.717, 1.165) is 31.3 Å². The molecule has 1 aliphatic carbocycles. The van der Waals surface area contributed by atoms with Crippen LogP contribution in [0.3, 0.4) is 0 Å². The van der Waals surface area contributed by atoms with Crippen molar-refractivity contribution in [1.82, 2.24) is 0 Å². The smallest absolute Gasteiger partial charge is 0.140 e. The summed E-state index contributed by atoms with van der Waals surface area (Å²) in [6.07, 6.45) is 6.99. The van der Waals surface area contributed by atoms with Gasteiger partial charge in [-0.25, -0.2) is 0 Å². The van der Waals surface area contributed by atoms with E-state index in [2.05, 4.69) is 33.4 Å². The van der Waals surface area contributed by atoms with Gasteiger partial charge in [-0.15, -0.1) is 0 Å². The highest BCUT2D eigenvalue weighted by Crippen LogP contribution is 2.26. The summed E-state index contributed by atoms with van der Waals surface area (Å²) in [5.41, 5.74) is 2.52. The van der Waals surface area contributed by atoms with Crippen molar-refractivity contribution >= 4 is 5.78 Å². The predicted molar refractivity (Wildman–Crippen MR) is 69.3 cm³/mol. The number of hydrogen-bond donors (Lipinski definition) is 0. The Morgan fingerprint density at radius 1 is 1.38 bits per heavy atom. The Bertz CT molecular complexity index is 297. The van der Waals surface area contributed by atoms with E-state index in [-0.39, 0.29) is 5.92 Å². The molecule has 16 heavy (non-hydrogen) atoms. The number of ketones is 1. The zero-order valence-corrected chi connectivity index (χ0v) is 10.9. The molecule has 0 amide bonds. The summed E-state index contributed by atoms with van der Waals surface area (Å²) in [6, 6.07) is 0. The van der Waals surface area contributed by atoms with E-state index in [4.69, 9.17) is 0 Å². The van der Waals surface area contributed by atoms with E-state index in [1.165, 1.54) is 5.57 Å². The first-order valence-corrected chi connectivity index (χ1v) is 6.35. The molecular formula is C15H24O. The third-order valence-corrected chi connectivity index (χ3v) is 3.48. The van der Waals surface area contributed by atoms with Gasteiger partial charge in [0, 0.05) is 12.3 Å². The number of carbonyl (C=O) groups excluding carboxylic acids is 1. The quantitative estimate of drug-likeness (QED) is 0.602. The van der Waals surface area contributed by atoms with Gasteiger partial charge in [0.15, 0.2) is 0 Å². The van der Waals surface area contributed by atoms with Crippen molar-refractivity contribution in [3.63, 3.8) is 0 Å². The topological polar surface area (TPSA) is 17.1 Å². The van der Waals surface area contributed by atoms with E-state index in [1.54, 1.807) is 0 Å². The Balaban J connectivity index is 2.78. The van der Waals surface area contributed by atoms with Gasteiger partial charge in [0.1, 0.15) is 5.78 Å². The van der Waals surface area contributed by atoms with Gasteiger partial charge < -0.3 is 0 Å². The molecule has 0 radical (unpaired) electrons. The lowest BCUT2D eigenvalue weighted by molar-refractivity contribution is -0.123. The fourth-order valence-electron chi connectivity index (χ4n) is 2.34. The van der Waals surface area contributed by atoms with Gasteiger partial charge in [-0.1, -0.05) is 37.6 Å². The maximum atomic E-state index is 12.1. The van der Waals surface area contributed by atoms with E-state index in [9.17, 15) is 4.79 Å². The first-order valence-electron chi connectivity index (χ1n) is 6.35. The zero-order chi connectivity index (χ0) is 12.1. The Labute approximate surface area is 99.6 Å². The highest BCUT2D eigenvalue weighted by Gasteiger charge is 2.22. The lowest BCUT2D eigenvalue weighted by Crippen LogP contribution is -2.21. The summed E-state index contributed by atoms with van der Waals surface area (Å²) < 4.78 is 0. The molecule has 0 saturated heterocycles. The molecule has 1 atom stereocenters. The molecule has 90 valence electrons. The van der Waals surface area contributed by atoms with Crippen molar-refractivity contribution in [1.29, 1.82) is 0 Å². The summed E-state index contributed by atoms with van der Waals surface area (Å²) in [7, 11) is 0. The Morgan fingerprint density at radius 3 is 2.69 bits per heavy atom. The van der Waals surface area contributed by atoms with E-state index >= 15 is 0 Å². The summed E-state index contributed by atoms with van der Waals surface area (Å²) in [5.74, 6) is 1.07. The molecule has 0 heterocycles. The molecule has 0 aromatic rings. The van der Waals surface area contributed by atoms with Gasteiger partial charge >= 0.3 is 0 Å². The summed E-state index contributed by atoms with van der Waals surface area (Å²) in [5, 5.41) is 0. The molecule has 0 aliphatic heterocycles. The van der Waals surface area contributed by atoms with Crippen LogP contribution >= 0.6 is 0 Å². The van der Waals surface area contributed by atoms with Crippen LogP contribution < -0.4 is 0 Å². The lowest BCUT2D eigenvalue weighted by Gasteiger charge is -2.21. The number of allylic oxidation sites excluding steroid dienone is 3. The molecule has 0 N–H and O–H groups in total. The second-order valence-corrected chi connectivity index (χ2v) is 5.37. The number of hydrogen-bond acceptors (Lipinski definition) is 1. The molecule has 0 fully saturated rings. The molecule has 0 saturated carbocycles. The average Bonchev–Trinajstić information content (AvgIpc) is 2.16. The molecule has 1 nitrogen and oxygen atoms in total. The lowest BCUT2D eigenvalue weighted by atomic mass is 9.83. The van der Waals surface area contributed by atoms with Crippen LogP contribution in [0.2, 0.25) is 0 Å². The van der Waals surface area contributed by atoms with E-state index in [0.29, 0.717) is 18.1 Å². The standard InChI is InChI=1S/C15H24O/c1-11(2)14-9-8-12(3)6-5-7-13(4)10-15(14)16/h6,11,14H,4-5,7-10H2,1-3H3/b12-6+/t14-/m0/s1. The third kappa shape index (κ3) is 3.96. The second kappa shape index (κ2) is 6.03. The van der Waals surface area contributed by atoms with Gasteiger partial charge in [-0.2, -0.15) is 0 Å². The molecule has 0 aromatic carbocycles. The van der Waals surface area contributed by atoms with E-state index < -0.39 is 0 Å². The molecule has 0 unspecified atom stereocenters. The van der Waals surface area contributed by atoms with Gasteiger partial charge in [-0.05, 0) is 38.5 Å². The third-order valence-electron chi connectivity index (χ3n) is 3.48. The molecular weight excluding hydrogens is 196 g/mol. The summed E-state index contributed by atoms with van der Waals surface area (Å²) in [4.78, 5) is 12.1. The molecule has 1 aliphatic rings. The number of Topliss-reactive ketones (excluding diaryl/α,β-unsaturated/α-hetero) is 1. The van der Waals surface area contributed by atoms with Gasteiger partial charge in [0.25, 0.3) is 0 Å². The largest absolute Gasteiger partial charge is 0.299 e. The normalized spacial score (nSPS) is 27.8. The van der Waals surface area contributed by atoms with Crippen LogP contribution in [0.1, 0.15) is 52.9 Å². The van der Waals surface area contributed by atoms with Gasteiger partial charge in [0.05, 0.1) is 0 Å². The predicted octanol–water partition coefficient (Wildman–Crippen LogP) is 4.29. The van der Waals surface area contributed by atoms with Crippen LogP contribution in [0.4, 0.5) is 0 Å². The second-order valence-electron chi connectivity index (χ2n) is 5.37. The van der Waals surface area contributed by atoms with Gasteiger partial charge in [-0.3, -0.25) is 4.79 Å². The van der Waals surface area contributed by atoms with Crippen molar-refractivity contribution in [3.05, 3.63) is 23.8 Å². The van der Waals surface area contributed by atoms with Crippen LogP contribution in [0, 0.1) is 11.8 Å². The van der Waals surface area contributed by atoms with Gasteiger partial charge in [0.2, 0.25) is 0 Å². The SMILES string of the molecule is C=C1CC/C=C(\C)CC[C@@H](C(C)C)C(=O)C1. The zero-order valence-electron chi connectivity index (χ0n) is 10.9. The number of rotatable bonds is 1. The highest BCUT2D eigenvalue weighted by molar-refractivity contribution is 5.83. The van der Waals surface area contributed by atoms with Crippen molar-refractivity contribution in [2.24, 2.45) is 11.8 Å². The van der Waals surface area contributed by atoms with Crippen LogP contribution in [-0.4, -0.2) is 5.78 Å². The fourth-order valence-corrected chi connectivity index (χ4v) is 2.34. The van der Waals surface area contributed by atoms with Crippen LogP contribution in [-0.2, 0) is 4.79 Å². The number of carbonyl (C=O) groups is 1. The molecule has 1 heteroatoms. The molecule has 0 aromatic heterocycles. The minimum absolute atomic E-state index is 0.221. The van der Waals surface area contributed by atoms with Crippen molar-refractivity contribution < 1.29 is 4.79 Å². The van der Waals surface area contributed by atoms with Crippen LogP contribution in [0.15, 0.2) is 23.8 Å². The molecule has 0 spiro atoms. The maximum Gasteiger partial charge on any atom is 0.140 e. The van der Waals surface area contributed by atoms with Crippen molar-refractivity contribution in [3.8, 4) is 0 Å². The molecule has 0 bridgehead atoms.